The summed E-state index contributed by atoms with van der Waals surface area (Å²) < 4.78 is 9.75. The fourth-order valence-electron chi connectivity index (χ4n) is 0.770. The van der Waals surface area contributed by atoms with E-state index in [1.54, 1.807) is 0 Å². The molecule has 0 aliphatic carbocycles. The first kappa shape index (κ1) is 8.34. The third kappa shape index (κ3) is 1.45. The van der Waals surface area contributed by atoms with E-state index < -0.39 is 0 Å². The van der Waals surface area contributed by atoms with E-state index in [0.717, 1.165) is 0 Å². The van der Waals surface area contributed by atoms with E-state index in [9.17, 15) is 0 Å². The summed E-state index contributed by atoms with van der Waals surface area (Å²) in [6.45, 7) is 6.82. The topological polar surface area (TPSA) is 35.7 Å². The summed E-state index contributed by atoms with van der Waals surface area (Å²) in [7, 11) is 3.00. The molecular formula is C8H8N2O2. The van der Waals surface area contributed by atoms with E-state index in [0.29, 0.717) is 17.3 Å². The Labute approximate surface area is 70.6 Å². The lowest BCUT2D eigenvalue weighted by atomic mass is 10.4. The highest BCUT2D eigenvalue weighted by atomic mass is 16.5. The van der Waals surface area contributed by atoms with Crippen molar-refractivity contribution in [2.75, 3.05) is 14.2 Å². The lowest BCUT2D eigenvalue weighted by Crippen LogP contribution is -1.89. The van der Waals surface area contributed by atoms with Crippen molar-refractivity contribution in [2.24, 2.45) is 0 Å². The molecule has 4 nitrogen and oxygen atoms in total. The van der Waals surface area contributed by atoms with Gasteiger partial charge < -0.3 is 9.47 Å². The van der Waals surface area contributed by atoms with Gasteiger partial charge in [-0.25, -0.2) is 9.83 Å². The molecule has 62 valence electrons. The van der Waals surface area contributed by atoms with Crippen molar-refractivity contribution in [3.05, 3.63) is 23.7 Å². The minimum Gasteiger partial charge on any atom is -0.506 e. The number of hydrogen-bond donors (Lipinski definition) is 0. The molecule has 0 aromatic carbocycles. The molecule has 0 aliphatic heterocycles. The highest BCUT2D eigenvalue weighted by Gasteiger charge is 2.04. The van der Waals surface area contributed by atoms with Crippen molar-refractivity contribution >= 4 is 5.69 Å². The molecule has 0 atom stereocenters. The molecule has 1 aromatic heterocycles. The number of aromatic nitrogens is 1. The van der Waals surface area contributed by atoms with Crippen LogP contribution in [-0.2, 0) is 0 Å². The first-order chi connectivity index (χ1) is 5.81. The summed E-state index contributed by atoms with van der Waals surface area (Å²) in [6, 6.07) is 1.53. The van der Waals surface area contributed by atoms with Crippen molar-refractivity contribution in [3.63, 3.8) is 0 Å². The minimum absolute atomic E-state index is 0.407. The summed E-state index contributed by atoms with van der Waals surface area (Å²) in [5.74, 6) is 0.882. The summed E-state index contributed by atoms with van der Waals surface area (Å²) in [4.78, 5) is 7.14. The van der Waals surface area contributed by atoms with Crippen LogP contribution in [-0.4, -0.2) is 19.2 Å². The second kappa shape index (κ2) is 3.58. The van der Waals surface area contributed by atoms with E-state index in [4.69, 9.17) is 16.0 Å². The van der Waals surface area contributed by atoms with Gasteiger partial charge in [0.25, 0.3) is 0 Å². The maximum Gasteiger partial charge on any atom is 0.234 e. The molecule has 0 radical (unpaired) electrons. The Balaban J connectivity index is 3.13. The Morgan fingerprint density at radius 3 is 2.67 bits per heavy atom. The Kier molecular flexibility index (Phi) is 2.49. The predicted octanol–water partition coefficient (Wildman–Crippen LogP) is 1.65. The monoisotopic (exact) mass is 164 g/mol. The van der Waals surface area contributed by atoms with E-state index in [2.05, 4.69) is 9.83 Å². The molecule has 0 fully saturated rings. The maximum absolute atomic E-state index is 6.82. The molecular weight excluding hydrogens is 156 g/mol. The minimum atomic E-state index is 0.407. The van der Waals surface area contributed by atoms with Crippen LogP contribution in [0.1, 0.15) is 0 Å². The van der Waals surface area contributed by atoms with Crippen LogP contribution in [0.2, 0.25) is 0 Å². The van der Waals surface area contributed by atoms with Crippen molar-refractivity contribution in [1.82, 2.24) is 4.98 Å². The van der Waals surface area contributed by atoms with Gasteiger partial charge in [0.1, 0.15) is 5.75 Å². The van der Waals surface area contributed by atoms with Gasteiger partial charge in [0, 0.05) is 6.07 Å². The average molecular weight is 164 g/mol. The first-order valence-corrected chi connectivity index (χ1v) is 3.27. The molecule has 1 heterocycles. The van der Waals surface area contributed by atoms with E-state index >= 15 is 0 Å². The maximum atomic E-state index is 6.82. The third-order valence-corrected chi connectivity index (χ3v) is 1.37. The van der Waals surface area contributed by atoms with Gasteiger partial charge in [-0.1, -0.05) is 0 Å². The van der Waals surface area contributed by atoms with Gasteiger partial charge in [-0.05, 0) is 0 Å². The standard InChI is InChI=1S/C8H8N2O2/c1-9-6-4-8(12-3)10-5-7(6)11-2/h4-5H,2-3H3. The summed E-state index contributed by atoms with van der Waals surface area (Å²) in [5, 5.41) is 0. The van der Waals surface area contributed by atoms with Gasteiger partial charge in [0.2, 0.25) is 11.6 Å². The van der Waals surface area contributed by atoms with Crippen molar-refractivity contribution in [3.8, 4) is 11.6 Å². The number of methoxy groups -OCH3 is 2. The van der Waals surface area contributed by atoms with Crippen LogP contribution in [0, 0.1) is 6.57 Å². The fourth-order valence-corrected chi connectivity index (χ4v) is 0.770. The molecule has 1 rings (SSSR count). The third-order valence-electron chi connectivity index (χ3n) is 1.37. The fraction of sp³-hybridized carbons (Fsp3) is 0.250. The molecule has 0 amide bonds. The Hall–Kier alpha value is -1.76. The number of ether oxygens (including phenoxy) is 2. The highest BCUT2D eigenvalue weighted by Crippen LogP contribution is 2.28. The molecule has 4 heteroatoms. The van der Waals surface area contributed by atoms with Crippen LogP contribution in [0.25, 0.3) is 4.85 Å². The first-order valence-electron chi connectivity index (χ1n) is 3.27. The molecule has 0 bridgehead atoms. The number of hydrogen-bond acceptors (Lipinski definition) is 3. The Morgan fingerprint density at radius 1 is 1.42 bits per heavy atom. The largest absolute Gasteiger partial charge is 0.506 e. The summed E-state index contributed by atoms with van der Waals surface area (Å²) in [6.07, 6.45) is 1.46. The quantitative estimate of drug-likeness (QED) is 0.623. The van der Waals surface area contributed by atoms with Gasteiger partial charge in [0.15, 0.2) is 0 Å². The van der Waals surface area contributed by atoms with Crippen LogP contribution in [0.5, 0.6) is 11.6 Å². The van der Waals surface area contributed by atoms with E-state index in [1.165, 1.54) is 26.5 Å². The molecule has 1 aromatic rings. The average Bonchev–Trinajstić information content (AvgIpc) is 2.16. The molecule has 0 spiro atoms. The number of nitrogens with zero attached hydrogens (tertiary/aromatic N) is 2. The molecule has 0 unspecified atom stereocenters. The predicted molar refractivity (Wildman–Crippen MR) is 43.6 cm³/mol. The molecule has 12 heavy (non-hydrogen) atoms. The van der Waals surface area contributed by atoms with Gasteiger partial charge >= 0.3 is 0 Å². The van der Waals surface area contributed by atoms with Crippen LogP contribution in [0.15, 0.2) is 12.3 Å². The van der Waals surface area contributed by atoms with E-state index in [-0.39, 0.29) is 0 Å². The van der Waals surface area contributed by atoms with Gasteiger partial charge in [-0.3, -0.25) is 0 Å². The molecule has 0 aliphatic rings. The molecule has 0 saturated carbocycles. The zero-order valence-electron chi connectivity index (χ0n) is 6.87. The molecule has 0 N–H and O–H groups in total. The van der Waals surface area contributed by atoms with Gasteiger partial charge in [-0.2, -0.15) is 0 Å². The van der Waals surface area contributed by atoms with Gasteiger partial charge in [0.05, 0.1) is 27.0 Å². The summed E-state index contributed by atoms with van der Waals surface area (Å²) in [5.41, 5.74) is 0.407. The number of pyridine rings is 1. The van der Waals surface area contributed by atoms with Gasteiger partial charge in [-0.15, -0.1) is 0 Å². The van der Waals surface area contributed by atoms with Crippen molar-refractivity contribution < 1.29 is 9.47 Å². The van der Waals surface area contributed by atoms with Crippen LogP contribution >= 0.6 is 0 Å². The Morgan fingerprint density at radius 2 is 2.17 bits per heavy atom. The smallest absolute Gasteiger partial charge is 0.234 e. The van der Waals surface area contributed by atoms with Crippen LogP contribution in [0.3, 0.4) is 0 Å². The van der Waals surface area contributed by atoms with Crippen LogP contribution in [0.4, 0.5) is 5.69 Å². The zero-order chi connectivity index (χ0) is 8.97. The summed E-state index contributed by atoms with van der Waals surface area (Å²) >= 11 is 0. The van der Waals surface area contributed by atoms with Crippen molar-refractivity contribution in [1.29, 1.82) is 0 Å². The second-order valence-corrected chi connectivity index (χ2v) is 2.01. The zero-order valence-corrected chi connectivity index (χ0v) is 6.87. The normalized spacial score (nSPS) is 8.75. The lowest BCUT2D eigenvalue weighted by Gasteiger charge is -2.03. The second-order valence-electron chi connectivity index (χ2n) is 2.01. The number of rotatable bonds is 2. The Bertz CT molecular complexity index is 317. The van der Waals surface area contributed by atoms with Crippen molar-refractivity contribution in [2.45, 2.75) is 0 Å². The SMILES string of the molecule is [C-]#[N+]c1cc(OC)ncc1OC. The molecule has 0 saturated heterocycles. The van der Waals surface area contributed by atoms with E-state index in [1.807, 2.05) is 0 Å². The lowest BCUT2D eigenvalue weighted by molar-refractivity contribution is 0.389. The highest BCUT2D eigenvalue weighted by molar-refractivity contribution is 5.57. The van der Waals surface area contributed by atoms with Crippen LogP contribution < -0.4 is 9.47 Å².